The molecular formula is C17H28N3O4+. The van der Waals surface area contributed by atoms with Gasteiger partial charge in [-0.05, 0) is 31.2 Å². The van der Waals surface area contributed by atoms with E-state index < -0.39 is 0 Å². The number of benzene rings is 1. The van der Waals surface area contributed by atoms with Crippen LogP contribution in [0, 0.1) is 0 Å². The molecule has 2 amide bonds. The van der Waals surface area contributed by atoms with Gasteiger partial charge in [-0.3, -0.25) is 9.59 Å². The van der Waals surface area contributed by atoms with Gasteiger partial charge in [0, 0.05) is 14.1 Å². The highest BCUT2D eigenvalue weighted by atomic mass is 16.5. The largest absolute Gasteiger partial charge is 0.494 e. The van der Waals surface area contributed by atoms with Gasteiger partial charge in [-0.15, -0.1) is 0 Å². The number of ether oxygens (including phenoxy) is 2. The Balaban J connectivity index is 2.20. The molecule has 0 spiro atoms. The molecule has 0 bridgehead atoms. The first-order valence-electron chi connectivity index (χ1n) is 8.06. The molecule has 2 N–H and O–H groups in total. The summed E-state index contributed by atoms with van der Waals surface area (Å²) in [4.78, 5) is 25.7. The highest BCUT2D eigenvalue weighted by Gasteiger charge is 2.14. The van der Waals surface area contributed by atoms with E-state index in [1.807, 2.05) is 38.2 Å². The number of quaternary nitrogens is 1. The van der Waals surface area contributed by atoms with E-state index in [0.29, 0.717) is 26.3 Å². The predicted molar refractivity (Wildman–Crippen MR) is 91.4 cm³/mol. The summed E-state index contributed by atoms with van der Waals surface area (Å²) in [6.07, 6.45) is 0. The van der Waals surface area contributed by atoms with Crippen molar-refractivity contribution in [1.29, 1.82) is 0 Å². The number of hydrogen-bond acceptors (Lipinski definition) is 4. The van der Waals surface area contributed by atoms with Crippen LogP contribution in [0.5, 0.6) is 11.5 Å². The van der Waals surface area contributed by atoms with Crippen LogP contribution in [0.2, 0.25) is 0 Å². The van der Waals surface area contributed by atoms with Crippen LogP contribution < -0.4 is 19.7 Å². The Labute approximate surface area is 143 Å². The smallest absolute Gasteiger partial charge is 0.277 e. The molecule has 0 saturated carbocycles. The van der Waals surface area contributed by atoms with Gasteiger partial charge in [-0.1, -0.05) is 0 Å². The molecule has 1 unspecified atom stereocenters. The van der Waals surface area contributed by atoms with Gasteiger partial charge in [-0.2, -0.15) is 0 Å². The summed E-state index contributed by atoms with van der Waals surface area (Å²) >= 11 is 0. The lowest BCUT2D eigenvalue weighted by molar-refractivity contribution is -0.862. The third-order valence-electron chi connectivity index (χ3n) is 3.24. The van der Waals surface area contributed by atoms with E-state index in [4.69, 9.17) is 9.47 Å². The van der Waals surface area contributed by atoms with E-state index in [2.05, 4.69) is 5.32 Å². The van der Waals surface area contributed by atoms with Crippen molar-refractivity contribution in [2.24, 2.45) is 0 Å². The summed E-state index contributed by atoms with van der Waals surface area (Å²) in [6, 6.07) is 7.35. The summed E-state index contributed by atoms with van der Waals surface area (Å²) in [5.74, 6) is 1.43. The number of hydrogen-bond donors (Lipinski definition) is 2. The van der Waals surface area contributed by atoms with E-state index in [9.17, 15) is 9.59 Å². The lowest BCUT2D eigenvalue weighted by atomic mass is 10.3. The van der Waals surface area contributed by atoms with Crippen LogP contribution in [-0.4, -0.2) is 70.7 Å². The zero-order valence-corrected chi connectivity index (χ0v) is 14.9. The van der Waals surface area contributed by atoms with Crippen molar-refractivity contribution in [3.8, 4) is 11.5 Å². The summed E-state index contributed by atoms with van der Waals surface area (Å²) in [5, 5.41) is 2.78. The van der Waals surface area contributed by atoms with Gasteiger partial charge < -0.3 is 24.6 Å². The molecule has 1 rings (SSSR count). The molecule has 1 aromatic carbocycles. The van der Waals surface area contributed by atoms with Crippen molar-refractivity contribution in [3.05, 3.63) is 24.3 Å². The second-order valence-electron chi connectivity index (χ2n) is 5.70. The minimum atomic E-state index is -0.102. The quantitative estimate of drug-likeness (QED) is 0.547. The lowest BCUT2D eigenvalue weighted by Crippen LogP contribution is -3.11. The second-order valence-corrected chi connectivity index (χ2v) is 5.70. The molecule has 1 atom stereocenters. The highest BCUT2D eigenvalue weighted by Crippen LogP contribution is 2.17. The summed E-state index contributed by atoms with van der Waals surface area (Å²) in [7, 11) is 5.22. The molecule has 0 aliphatic heterocycles. The predicted octanol–water partition coefficient (Wildman–Crippen LogP) is -0.817. The van der Waals surface area contributed by atoms with Crippen molar-refractivity contribution < 1.29 is 24.0 Å². The first kappa shape index (κ1) is 19.8. The fourth-order valence-corrected chi connectivity index (χ4v) is 1.97. The molecule has 134 valence electrons. The number of nitrogens with zero attached hydrogens (tertiary/aromatic N) is 1. The molecule has 0 heterocycles. The van der Waals surface area contributed by atoms with E-state index in [0.717, 1.165) is 16.4 Å². The monoisotopic (exact) mass is 338 g/mol. The van der Waals surface area contributed by atoms with E-state index >= 15 is 0 Å². The van der Waals surface area contributed by atoms with E-state index in [-0.39, 0.29) is 18.4 Å². The second kappa shape index (κ2) is 10.5. The van der Waals surface area contributed by atoms with Gasteiger partial charge >= 0.3 is 0 Å². The zero-order chi connectivity index (χ0) is 17.9. The fraction of sp³-hybridized carbons (Fsp3) is 0.529. The third kappa shape index (κ3) is 7.82. The average Bonchev–Trinajstić information content (AvgIpc) is 2.53. The number of carbonyl (C=O) groups excluding carboxylic acids is 2. The molecule has 0 aliphatic rings. The van der Waals surface area contributed by atoms with Crippen molar-refractivity contribution >= 4 is 11.8 Å². The minimum Gasteiger partial charge on any atom is -0.494 e. The lowest BCUT2D eigenvalue weighted by Gasteiger charge is -2.16. The molecule has 0 fully saturated rings. The Morgan fingerprint density at radius 3 is 2.21 bits per heavy atom. The standard InChI is InChI=1S/C17H27N3O4/c1-5-23-14-6-8-15(9-7-14)24-11-10-18-16(21)12-20(4)13-17(22)19(2)3/h6-9H,5,10-13H2,1-4H3,(H,18,21)/p+1. The van der Waals surface area contributed by atoms with Gasteiger partial charge in [0.1, 0.15) is 18.1 Å². The normalized spacial score (nSPS) is 11.5. The molecule has 1 aromatic rings. The maximum Gasteiger partial charge on any atom is 0.277 e. The van der Waals surface area contributed by atoms with Crippen molar-refractivity contribution in [1.82, 2.24) is 10.2 Å². The van der Waals surface area contributed by atoms with Gasteiger partial charge in [0.15, 0.2) is 13.1 Å². The molecule has 7 nitrogen and oxygen atoms in total. The Morgan fingerprint density at radius 1 is 1.08 bits per heavy atom. The number of rotatable bonds is 10. The number of carbonyl (C=O) groups is 2. The Kier molecular flexibility index (Phi) is 8.64. The summed E-state index contributed by atoms with van der Waals surface area (Å²) < 4.78 is 10.9. The number of likely N-dealkylation sites (N-methyl/N-ethyl adjacent to an activating group) is 2. The van der Waals surface area contributed by atoms with Crippen LogP contribution in [0.25, 0.3) is 0 Å². The Hall–Kier alpha value is -2.28. The molecule has 0 aliphatic carbocycles. The Bertz CT molecular complexity index is 517. The van der Waals surface area contributed by atoms with Crippen LogP contribution in [0.15, 0.2) is 24.3 Å². The summed E-state index contributed by atoms with van der Waals surface area (Å²) in [5.41, 5.74) is 0. The van der Waals surface area contributed by atoms with Crippen molar-refractivity contribution in [2.75, 3.05) is 54.0 Å². The van der Waals surface area contributed by atoms with Crippen LogP contribution >= 0.6 is 0 Å². The topological polar surface area (TPSA) is 72.3 Å². The SMILES string of the molecule is CCOc1ccc(OCCNC(=O)C[NH+](C)CC(=O)N(C)C)cc1. The fourth-order valence-electron chi connectivity index (χ4n) is 1.97. The zero-order valence-electron chi connectivity index (χ0n) is 14.9. The van der Waals surface area contributed by atoms with Crippen LogP contribution in [0.4, 0.5) is 0 Å². The number of nitrogens with one attached hydrogen (secondary N) is 2. The van der Waals surface area contributed by atoms with Gasteiger partial charge in [-0.25, -0.2) is 0 Å². The third-order valence-corrected chi connectivity index (χ3v) is 3.24. The molecular weight excluding hydrogens is 310 g/mol. The first-order chi connectivity index (χ1) is 11.4. The summed E-state index contributed by atoms with van der Waals surface area (Å²) in [6.45, 7) is 3.91. The van der Waals surface area contributed by atoms with Crippen LogP contribution in [0.3, 0.4) is 0 Å². The van der Waals surface area contributed by atoms with E-state index in [1.165, 1.54) is 4.90 Å². The van der Waals surface area contributed by atoms with Crippen molar-refractivity contribution in [3.63, 3.8) is 0 Å². The maximum absolute atomic E-state index is 11.8. The molecule has 0 radical (unpaired) electrons. The number of amides is 2. The first-order valence-corrected chi connectivity index (χ1v) is 8.06. The van der Waals surface area contributed by atoms with Crippen LogP contribution in [-0.2, 0) is 9.59 Å². The van der Waals surface area contributed by atoms with Crippen molar-refractivity contribution in [2.45, 2.75) is 6.92 Å². The average molecular weight is 338 g/mol. The van der Waals surface area contributed by atoms with Gasteiger partial charge in [0.2, 0.25) is 0 Å². The van der Waals surface area contributed by atoms with Crippen LogP contribution in [0.1, 0.15) is 6.92 Å². The minimum absolute atomic E-state index is 0.000803. The molecule has 24 heavy (non-hydrogen) atoms. The maximum atomic E-state index is 11.8. The molecule has 7 heteroatoms. The van der Waals surface area contributed by atoms with Gasteiger partial charge in [0.05, 0.1) is 20.2 Å². The van der Waals surface area contributed by atoms with E-state index in [1.54, 1.807) is 14.1 Å². The molecule has 0 aromatic heterocycles. The highest BCUT2D eigenvalue weighted by molar-refractivity contribution is 5.78. The molecule has 0 saturated heterocycles. The Morgan fingerprint density at radius 2 is 1.67 bits per heavy atom. The van der Waals surface area contributed by atoms with Gasteiger partial charge in [0.25, 0.3) is 11.8 Å².